The molecule has 0 saturated carbocycles. The lowest BCUT2D eigenvalue weighted by Gasteiger charge is -2.08. The molecule has 17 heavy (non-hydrogen) atoms. The van der Waals surface area contributed by atoms with Crippen LogP contribution in [0.3, 0.4) is 0 Å². The molecule has 2 rings (SSSR count). The molecule has 1 aromatic carbocycles. The van der Waals surface area contributed by atoms with Crippen LogP contribution in [0.2, 0.25) is 0 Å². The van der Waals surface area contributed by atoms with Crippen LogP contribution in [0.15, 0.2) is 27.9 Å². The monoisotopic (exact) mass is 266 g/mol. The zero-order chi connectivity index (χ0) is 12.3. The number of hydrogen-bond acceptors (Lipinski definition) is 5. The van der Waals surface area contributed by atoms with Gasteiger partial charge in [0.05, 0.1) is 7.11 Å². The largest absolute Gasteiger partial charge is 0.496 e. The van der Waals surface area contributed by atoms with Crippen molar-refractivity contribution in [3.8, 4) is 5.75 Å². The van der Waals surface area contributed by atoms with E-state index in [1.54, 1.807) is 30.2 Å². The molecule has 0 aliphatic rings. The Hall–Kier alpha value is -1.20. The molecule has 90 valence electrons. The SMILES string of the molecule is COc1ccc(N)cc1CSc1nc(C)cs1. The van der Waals surface area contributed by atoms with Crippen LogP contribution in [0, 0.1) is 6.92 Å². The highest BCUT2D eigenvalue weighted by atomic mass is 32.2. The minimum atomic E-state index is 0.761. The van der Waals surface area contributed by atoms with E-state index in [4.69, 9.17) is 10.5 Å². The van der Waals surface area contributed by atoms with Crippen molar-refractivity contribution >= 4 is 28.8 Å². The van der Waals surface area contributed by atoms with Gasteiger partial charge in [0.1, 0.15) is 10.1 Å². The van der Waals surface area contributed by atoms with Crippen LogP contribution in [0.4, 0.5) is 5.69 Å². The normalized spacial score (nSPS) is 10.5. The number of methoxy groups -OCH3 is 1. The molecule has 0 saturated heterocycles. The Kier molecular flexibility index (Phi) is 3.91. The van der Waals surface area contributed by atoms with Crippen molar-refractivity contribution in [2.45, 2.75) is 17.0 Å². The lowest BCUT2D eigenvalue weighted by atomic mass is 10.2. The first-order valence-electron chi connectivity index (χ1n) is 5.16. The highest BCUT2D eigenvalue weighted by Gasteiger charge is 2.06. The molecule has 0 bridgehead atoms. The average molecular weight is 266 g/mol. The summed E-state index contributed by atoms with van der Waals surface area (Å²) >= 11 is 3.37. The number of rotatable bonds is 4. The van der Waals surface area contributed by atoms with Crippen molar-refractivity contribution < 1.29 is 4.74 Å². The number of benzene rings is 1. The summed E-state index contributed by atoms with van der Waals surface area (Å²) in [5.74, 6) is 1.70. The molecule has 0 atom stereocenters. The summed E-state index contributed by atoms with van der Waals surface area (Å²) in [5, 5.41) is 2.05. The van der Waals surface area contributed by atoms with Crippen LogP contribution in [0.1, 0.15) is 11.3 Å². The lowest BCUT2D eigenvalue weighted by molar-refractivity contribution is 0.411. The van der Waals surface area contributed by atoms with Crippen LogP contribution in [-0.2, 0) is 5.75 Å². The van der Waals surface area contributed by atoms with E-state index in [0.717, 1.165) is 32.8 Å². The maximum absolute atomic E-state index is 5.78. The molecule has 0 aliphatic carbocycles. The summed E-state index contributed by atoms with van der Waals surface area (Å²) in [5.41, 5.74) is 8.71. The van der Waals surface area contributed by atoms with Gasteiger partial charge in [-0.05, 0) is 25.1 Å². The van der Waals surface area contributed by atoms with Crippen molar-refractivity contribution in [3.05, 3.63) is 34.8 Å². The van der Waals surface area contributed by atoms with Gasteiger partial charge >= 0.3 is 0 Å². The van der Waals surface area contributed by atoms with Crippen LogP contribution in [-0.4, -0.2) is 12.1 Å². The molecule has 0 amide bonds. The number of thiazole rings is 1. The van der Waals surface area contributed by atoms with Gasteiger partial charge in [-0.15, -0.1) is 11.3 Å². The second-order valence-electron chi connectivity index (χ2n) is 3.61. The Morgan fingerprint density at radius 3 is 2.94 bits per heavy atom. The number of nitrogens with two attached hydrogens (primary N) is 1. The van der Waals surface area contributed by atoms with Gasteiger partial charge in [0, 0.05) is 28.1 Å². The Morgan fingerprint density at radius 1 is 1.47 bits per heavy atom. The minimum absolute atomic E-state index is 0.761. The maximum Gasteiger partial charge on any atom is 0.150 e. The van der Waals surface area contributed by atoms with Gasteiger partial charge in [-0.25, -0.2) is 4.98 Å². The van der Waals surface area contributed by atoms with E-state index in [9.17, 15) is 0 Å². The number of nitrogen functional groups attached to an aromatic ring is 1. The van der Waals surface area contributed by atoms with Gasteiger partial charge in [0.15, 0.2) is 0 Å². The smallest absolute Gasteiger partial charge is 0.150 e. The Morgan fingerprint density at radius 2 is 2.29 bits per heavy atom. The number of anilines is 1. The number of aromatic nitrogens is 1. The fourth-order valence-electron chi connectivity index (χ4n) is 1.45. The third-order valence-corrected chi connectivity index (χ3v) is 4.44. The lowest BCUT2D eigenvalue weighted by Crippen LogP contribution is -1.93. The molecular formula is C12H14N2OS2. The highest BCUT2D eigenvalue weighted by molar-refractivity contribution is 8.00. The van der Waals surface area contributed by atoms with E-state index in [0.29, 0.717) is 0 Å². The average Bonchev–Trinajstić information content (AvgIpc) is 2.73. The summed E-state index contributed by atoms with van der Waals surface area (Å²) in [6.45, 7) is 2.00. The third kappa shape index (κ3) is 3.14. The molecule has 0 aliphatic heterocycles. The Labute approximate surface area is 109 Å². The Balaban J connectivity index is 2.10. The number of nitrogens with zero attached hydrogens (tertiary/aromatic N) is 1. The van der Waals surface area contributed by atoms with E-state index >= 15 is 0 Å². The third-order valence-electron chi connectivity index (χ3n) is 2.25. The molecular weight excluding hydrogens is 252 g/mol. The summed E-state index contributed by atoms with van der Waals surface area (Å²) < 4.78 is 6.38. The first-order chi connectivity index (χ1) is 8.19. The van der Waals surface area contributed by atoms with Gasteiger partial charge in [0.25, 0.3) is 0 Å². The first-order valence-corrected chi connectivity index (χ1v) is 7.03. The Bertz CT molecular complexity index is 511. The van der Waals surface area contributed by atoms with Crippen molar-refractivity contribution in [1.29, 1.82) is 0 Å². The molecule has 1 heterocycles. The van der Waals surface area contributed by atoms with Crippen molar-refractivity contribution in [2.24, 2.45) is 0 Å². The van der Waals surface area contributed by atoms with Crippen LogP contribution >= 0.6 is 23.1 Å². The summed E-state index contributed by atoms with van der Waals surface area (Å²) in [6.07, 6.45) is 0. The molecule has 0 unspecified atom stereocenters. The molecule has 0 radical (unpaired) electrons. The molecule has 0 fully saturated rings. The number of thioether (sulfide) groups is 1. The number of ether oxygens (including phenoxy) is 1. The van der Waals surface area contributed by atoms with E-state index < -0.39 is 0 Å². The predicted molar refractivity (Wildman–Crippen MR) is 73.8 cm³/mol. The molecule has 1 aromatic heterocycles. The first kappa shape index (κ1) is 12.3. The maximum atomic E-state index is 5.78. The topological polar surface area (TPSA) is 48.1 Å². The van der Waals surface area contributed by atoms with Crippen LogP contribution in [0.5, 0.6) is 5.75 Å². The van der Waals surface area contributed by atoms with Gasteiger partial charge in [-0.2, -0.15) is 0 Å². The van der Waals surface area contributed by atoms with Gasteiger partial charge in [-0.1, -0.05) is 11.8 Å². The van der Waals surface area contributed by atoms with E-state index in [1.165, 1.54) is 0 Å². The number of hydrogen-bond donors (Lipinski definition) is 1. The summed E-state index contributed by atoms with van der Waals surface area (Å²) in [7, 11) is 1.67. The highest BCUT2D eigenvalue weighted by Crippen LogP contribution is 2.30. The fourth-order valence-corrected chi connectivity index (χ4v) is 3.28. The van der Waals surface area contributed by atoms with Crippen molar-refractivity contribution in [3.63, 3.8) is 0 Å². The second-order valence-corrected chi connectivity index (χ2v) is 5.70. The summed E-state index contributed by atoms with van der Waals surface area (Å²) in [4.78, 5) is 4.41. The van der Waals surface area contributed by atoms with Crippen LogP contribution in [0.25, 0.3) is 0 Å². The molecule has 0 spiro atoms. The van der Waals surface area contributed by atoms with Gasteiger partial charge < -0.3 is 10.5 Å². The van der Waals surface area contributed by atoms with Crippen molar-refractivity contribution in [1.82, 2.24) is 4.98 Å². The van der Waals surface area contributed by atoms with Gasteiger partial charge in [-0.3, -0.25) is 0 Å². The van der Waals surface area contributed by atoms with E-state index in [1.807, 2.05) is 25.1 Å². The van der Waals surface area contributed by atoms with E-state index in [2.05, 4.69) is 10.4 Å². The fraction of sp³-hybridized carbons (Fsp3) is 0.250. The second kappa shape index (κ2) is 5.42. The quantitative estimate of drug-likeness (QED) is 0.681. The minimum Gasteiger partial charge on any atom is -0.496 e. The molecule has 2 N–H and O–H groups in total. The standard InChI is InChI=1S/C12H14N2OS2/c1-8-6-16-12(14-8)17-7-9-5-10(13)3-4-11(9)15-2/h3-6H,7,13H2,1-2H3. The molecule has 3 nitrogen and oxygen atoms in total. The van der Waals surface area contributed by atoms with Gasteiger partial charge in [0.2, 0.25) is 0 Å². The van der Waals surface area contributed by atoms with Crippen molar-refractivity contribution in [2.75, 3.05) is 12.8 Å². The number of aryl methyl sites for hydroxylation is 1. The van der Waals surface area contributed by atoms with E-state index in [-0.39, 0.29) is 0 Å². The zero-order valence-corrected chi connectivity index (χ0v) is 11.4. The van der Waals surface area contributed by atoms with Crippen LogP contribution < -0.4 is 10.5 Å². The zero-order valence-electron chi connectivity index (χ0n) is 9.77. The molecule has 2 aromatic rings. The molecule has 5 heteroatoms. The predicted octanol–water partition coefficient (Wildman–Crippen LogP) is 3.33. The summed E-state index contributed by atoms with van der Waals surface area (Å²) in [6, 6.07) is 5.70.